The molecule has 0 saturated heterocycles. The van der Waals surface area contributed by atoms with Crippen molar-refractivity contribution in [1.29, 1.82) is 0 Å². The molecule has 2 aromatic rings. The van der Waals surface area contributed by atoms with E-state index in [1.165, 1.54) is 6.07 Å². The van der Waals surface area contributed by atoms with Gasteiger partial charge < -0.3 is 0 Å². The van der Waals surface area contributed by atoms with Crippen LogP contribution in [0.1, 0.15) is 5.56 Å². The molecule has 0 aliphatic heterocycles. The number of sulfonamides is 1. The number of benzene rings is 2. The van der Waals surface area contributed by atoms with Crippen molar-refractivity contribution in [2.45, 2.75) is 6.42 Å². The van der Waals surface area contributed by atoms with Crippen LogP contribution < -0.4 is 4.72 Å². The van der Waals surface area contributed by atoms with Crippen molar-refractivity contribution in [3.63, 3.8) is 0 Å². The maximum absolute atomic E-state index is 13.4. The molecule has 2 rings (SSSR count). The Morgan fingerprint density at radius 2 is 1.85 bits per heavy atom. The summed E-state index contributed by atoms with van der Waals surface area (Å²) in [6.45, 7) is 0. The molecule has 106 valence electrons. The highest BCUT2D eigenvalue weighted by Crippen LogP contribution is 2.17. The summed E-state index contributed by atoms with van der Waals surface area (Å²) in [4.78, 5) is 0. The van der Waals surface area contributed by atoms with Crippen molar-refractivity contribution in [3.8, 4) is 0 Å². The van der Waals surface area contributed by atoms with E-state index < -0.39 is 10.0 Å². The normalized spacial score (nSPS) is 11.3. The average molecular weight is 358 g/mol. The monoisotopic (exact) mass is 357 g/mol. The van der Waals surface area contributed by atoms with E-state index in [1.807, 2.05) is 0 Å². The van der Waals surface area contributed by atoms with Gasteiger partial charge in [-0.2, -0.15) is 0 Å². The van der Waals surface area contributed by atoms with Gasteiger partial charge in [-0.15, -0.1) is 0 Å². The van der Waals surface area contributed by atoms with E-state index in [0.717, 1.165) is 4.47 Å². The van der Waals surface area contributed by atoms with Gasteiger partial charge in [-0.3, -0.25) is 4.72 Å². The van der Waals surface area contributed by atoms with Crippen LogP contribution >= 0.6 is 15.9 Å². The third kappa shape index (κ3) is 4.31. The average Bonchev–Trinajstić information content (AvgIpc) is 2.37. The molecule has 3 nitrogen and oxygen atoms in total. The second kappa shape index (κ2) is 6.37. The van der Waals surface area contributed by atoms with Crippen molar-refractivity contribution in [1.82, 2.24) is 0 Å². The molecule has 6 heteroatoms. The molecule has 1 N–H and O–H groups in total. The minimum Gasteiger partial charge on any atom is -0.284 e. The van der Waals surface area contributed by atoms with E-state index in [9.17, 15) is 12.8 Å². The van der Waals surface area contributed by atoms with Gasteiger partial charge in [0.25, 0.3) is 0 Å². The third-order valence-corrected chi connectivity index (χ3v) is 4.48. The highest BCUT2D eigenvalue weighted by Gasteiger charge is 2.12. The number of aryl methyl sites for hydroxylation is 1. The van der Waals surface area contributed by atoms with Gasteiger partial charge in [-0.1, -0.05) is 40.2 Å². The van der Waals surface area contributed by atoms with Crippen LogP contribution in [0, 0.1) is 5.82 Å². The summed E-state index contributed by atoms with van der Waals surface area (Å²) in [5.74, 6) is -0.550. The molecule has 0 amide bonds. The lowest BCUT2D eigenvalue weighted by Gasteiger charge is -2.08. The topological polar surface area (TPSA) is 46.2 Å². The fourth-order valence-electron chi connectivity index (χ4n) is 1.73. The minimum absolute atomic E-state index is 0.135. The number of hydrogen-bond donors (Lipinski definition) is 1. The van der Waals surface area contributed by atoms with Gasteiger partial charge in [0, 0.05) is 10.2 Å². The van der Waals surface area contributed by atoms with Gasteiger partial charge in [0.05, 0.1) is 5.75 Å². The summed E-state index contributed by atoms with van der Waals surface area (Å²) >= 11 is 3.27. The Balaban J connectivity index is 2.03. The molecule has 0 aromatic heterocycles. The predicted octanol–water partition coefficient (Wildman–Crippen LogP) is 3.57. The smallest absolute Gasteiger partial charge is 0.233 e. The van der Waals surface area contributed by atoms with Crippen molar-refractivity contribution in [3.05, 3.63) is 64.4 Å². The Labute approximate surface area is 126 Å². The molecule has 2 aromatic carbocycles. The molecule has 0 aliphatic carbocycles. The van der Waals surface area contributed by atoms with E-state index >= 15 is 0 Å². The van der Waals surface area contributed by atoms with Crippen molar-refractivity contribution in [2.24, 2.45) is 0 Å². The number of anilines is 1. The minimum atomic E-state index is -3.50. The van der Waals surface area contributed by atoms with Crippen LogP contribution in [0.3, 0.4) is 0 Å². The highest BCUT2D eigenvalue weighted by molar-refractivity contribution is 9.10. The molecule has 0 unspecified atom stereocenters. The maximum atomic E-state index is 13.4. The lowest BCUT2D eigenvalue weighted by molar-refractivity contribution is 0.595. The van der Waals surface area contributed by atoms with Gasteiger partial charge >= 0.3 is 0 Å². The van der Waals surface area contributed by atoms with Crippen LogP contribution in [0.25, 0.3) is 0 Å². The van der Waals surface area contributed by atoms with Crippen molar-refractivity contribution >= 4 is 31.6 Å². The van der Waals surface area contributed by atoms with Crippen molar-refractivity contribution in [2.75, 3.05) is 10.5 Å². The van der Waals surface area contributed by atoms with Crippen LogP contribution in [0.4, 0.5) is 10.1 Å². The van der Waals surface area contributed by atoms with Crippen LogP contribution in [0.5, 0.6) is 0 Å². The Morgan fingerprint density at radius 1 is 1.10 bits per heavy atom. The van der Waals surface area contributed by atoms with Gasteiger partial charge in [-0.25, -0.2) is 12.8 Å². The summed E-state index contributed by atoms with van der Waals surface area (Å²) in [5, 5.41) is 0. The summed E-state index contributed by atoms with van der Waals surface area (Å²) in [5.41, 5.74) is 0.875. The first-order chi connectivity index (χ1) is 9.46. The molecule has 20 heavy (non-hydrogen) atoms. The Hall–Kier alpha value is -1.40. The highest BCUT2D eigenvalue weighted by atomic mass is 79.9. The fraction of sp³-hybridized carbons (Fsp3) is 0.143. The summed E-state index contributed by atoms with van der Waals surface area (Å²) < 4.78 is 40.6. The zero-order valence-electron chi connectivity index (χ0n) is 10.5. The molecule has 0 fully saturated rings. The number of rotatable bonds is 5. The van der Waals surface area contributed by atoms with Gasteiger partial charge in [0.2, 0.25) is 10.0 Å². The zero-order chi connectivity index (χ0) is 14.6. The number of hydrogen-bond acceptors (Lipinski definition) is 2. The third-order valence-electron chi connectivity index (χ3n) is 2.70. The van der Waals surface area contributed by atoms with Crippen molar-refractivity contribution < 1.29 is 12.8 Å². The molecule has 0 aliphatic rings. The fourth-order valence-corrected chi connectivity index (χ4v) is 3.20. The first kappa shape index (κ1) is 15.0. The van der Waals surface area contributed by atoms with Crippen LogP contribution in [0.2, 0.25) is 0 Å². The van der Waals surface area contributed by atoms with Gasteiger partial charge in [0.1, 0.15) is 5.82 Å². The Bertz CT molecular complexity index is 704. The number of halogens is 2. The summed E-state index contributed by atoms with van der Waals surface area (Å²) in [6.07, 6.45) is 0.135. The summed E-state index contributed by atoms with van der Waals surface area (Å²) in [6, 6.07) is 13.0. The van der Waals surface area contributed by atoms with Crippen LogP contribution in [-0.2, 0) is 16.4 Å². The Morgan fingerprint density at radius 3 is 2.55 bits per heavy atom. The molecule has 0 saturated carbocycles. The second-order valence-corrected chi connectivity index (χ2v) is 7.03. The summed E-state index contributed by atoms with van der Waals surface area (Å²) in [7, 11) is -3.50. The second-order valence-electron chi connectivity index (χ2n) is 4.27. The Kier molecular flexibility index (Phi) is 4.77. The van der Waals surface area contributed by atoms with Gasteiger partial charge in [-0.05, 0) is 36.2 Å². The van der Waals surface area contributed by atoms with Crippen LogP contribution in [-0.4, -0.2) is 14.2 Å². The number of nitrogens with one attached hydrogen (secondary N) is 1. The lowest BCUT2D eigenvalue weighted by atomic mass is 10.2. The molecule has 0 heterocycles. The largest absolute Gasteiger partial charge is 0.284 e. The molecule has 0 atom stereocenters. The van der Waals surface area contributed by atoms with E-state index in [-0.39, 0.29) is 18.0 Å². The van der Waals surface area contributed by atoms with Gasteiger partial charge in [0.15, 0.2) is 0 Å². The SMILES string of the molecule is O=S(=O)(CCc1ccccc1F)Nc1cccc(Br)c1. The molecule has 0 radical (unpaired) electrons. The maximum Gasteiger partial charge on any atom is 0.233 e. The first-order valence-corrected chi connectivity index (χ1v) is 8.40. The first-order valence-electron chi connectivity index (χ1n) is 5.96. The zero-order valence-corrected chi connectivity index (χ0v) is 12.9. The molecule has 0 bridgehead atoms. The predicted molar refractivity (Wildman–Crippen MR) is 81.7 cm³/mol. The molecular weight excluding hydrogens is 345 g/mol. The van der Waals surface area contributed by atoms with E-state index in [1.54, 1.807) is 42.5 Å². The van der Waals surface area contributed by atoms with E-state index in [2.05, 4.69) is 20.7 Å². The standard InChI is InChI=1S/C14H13BrFNO2S/c15-12-5-3-6-13(10-12)17-20(18,19)9-8-11-4-1-2-7-14(11)16/h1-7,10,17H,8-9H2. The van der Waals surface area contributed by atoms with Crippen LogP contribution in [0.15, 0.2) is 53.0 Å². The van der Waals surface area contributed by atoms with E-state index in [0.29, 0.717) is 11.3 Å². The molecule has 0 spiro atoms. The quantitative estimate of drug-likeness (QED) is 0.888. The lowest BCUT2D eigenvalue weighted by Crippen LogP contribution is -2.18. The van der Waals surface area contributed by atoms with E-state index in [4.69, 9.17) is 0 Å². The molecular formula is C14H13BrFNO2S.